The molecule has 0 aliphatic carbocycles. The summed E-state index contributed by atoms with van der Waals surface area (Å²) >= 11 is 0. The van der Waals surface area contributed by atoms with Crippen LogP contribution in [0.25, 0.3) is 6.08 Å². The molecule has 0 bridgehead atoms. The highest BCUT2D eigenvalue weighted by atomic mass is 16.5. The van der Waals surface area contributed by atoms with Gasteiger partial charge in [-0.2, -0.15) is 0 Å². The number of ether oxygens (including phenoxy) is 1. The third kappa shape index (κ3) is 5.22. The van der Waals surface area contributed by atoms with E-state index in [2.05, 4.69) is 0 Å². The molecule has 3 rings (SSSR count). The van der Waals surface area contributed by atoms with Crippen LogP contribution in [0, 0.1) is 6.92 Å². The number of hydrogen-bond donors (Lipinski definition) is 0. The second kappa shape index (κ2) is 9.22. The maximum Gasteiger partial charge on any atom is 0.246 e. The van der Waals surface area contributed by atoms with E-state index in [1.54, 1.807) is 29.0 Å². The molecule has 1 aliphatic heterocycles. The Balaban J connectivity index is 1.47. The highest BCUT2D eigenvalue weighted by molar-refractivity contribution is 5.95. The molecule has 1 saturated heterocycles. The molecule has 0 radical (unpaired) electrons. The molecule has 5 nitrogen and oxygen atoms in total. The minimum Gasteiger partial charge on any atom is -0.492 e. The summed E-state index contributed by atoms with van der Waals surface area (Å²) in [7, 11) is 1.76. The van der Waals surface area contributed by atoms with Crippen molar-refractivity contribution in [3.05, 3.63) is 65.7 Å². The predicted octanol–water partition coefficient (Wildman–Crippen LogP) is 3.67. The van der Waals surface area contributed by atoms with E-state index in [9.17, 15) is 9.59 Å². The number of carbonyl (C=O) groups is 2. The number of amides is 2. The van der Waals surface area contributed by atoms with Gasteiger partial charge in [0.2, 0.25) is 11.8 Å². The standard InChI is InChI=1S/C23H26N2O3/c1-18-5-12-21(13-6-18)28-17-16-24(2)22(26)14-9-19-7-10-20(11-8-19)25-15-3-4-23(25)27/h5-14H,3-4,15-17H2,1-2H3/b14-9+. The third-order valence-corrected chi connectivity index (χ3v) is 4.79. The van der Waals surface area contributed by atoms with Crippen molar-refractivity contribution in [2.24, 2.45) is 0 Å². The number of aryl methyl sites for hydroxylation is 1. The van der Waals surface area contributed by atoms with Gasteiger partial charge in [0.05, 0.1) is 6.54 Å². The lowest BCUT2D eigenvalue weighted by Gasteiger charge is -2.16. The molecule has 0 atom stereocenters. The summed E-state index contributed by atoms with van der Waals surface area (Å²) in [6.07, 6.45) is 4.88. The first-order valence-corrected chi connectivity index (χ1v) is 9.56. The van der Waals surface area contributed by atoms with Crippen LogP contribution in [-0.2, 0) is 9.59 Å². The summed E-state index contributed by atoms with van der Waals surface area (Å²) in [5, 5.41) is 0. The van der Waals surface area contributed by atoms with Crippen LogP contribution in [0.15, 0.2) is 54.6 Å². The van der Waals surface area contributed by atoms with Gasteiger partial charge in [-0.05, 0) is 49.2 Å². The Labute approximate surface area is 166 Å². The Kier molecular flexibility index (Phi) is 6.48. The fourth-order valence-corrected chi connectivity index (χ4v) is 3.03. The number of likely N-dealkylation sites (N-methyl/N-ethyl adjacent to an activating group) is 1. The fraction of sp³-hybridized carbons (Fsp3) is 0.304. The van der Waals surface area contributed by atoms with Gasteiger partial charge in [0.15, 0.2) is 0 Å². The number of rotatable bonds is 7. The molecule has 0 aromatic heterocycles. The van der Waals surface area contributed by atoms with Crippen molar-refractivity contribution in [3.63, 3.8) is 0 Å². The molecule has 1 heterocycles. The molecule has 1 aliphatic rings. The van der Waals surface area contributed by atoms with Gasteiger partial charge in [0, 0.05) is 31.8 Å². The van der Waals surface area contributed by atoms with Crippen LogP contribution in [-0.4, -0.2) is 43.5 Å². The Hall–Kier alpha value is -3.08. The maximum absolute atomic E-state index is 12.3. The quantitative estimate of drug-likeness (QED) is 0.691. The number of hydrogen-bond acceptors (Lipinski definition) is 3. The van der Waals surface area contributed by atoms with Gasteiger partial charge in [0.25, 0.3) is 0 Å². The minimum atomic E-state index is -0.0775. The Morgan fingerprint density at radius 1 is 1.14 bits per heavy atom. The summed E-state index contributed by atoms with van der Waals surface area (Å²) in [5.74, 6) is 0.901. The maximum atomic E-state index is 12.3. The number of anilines is 1. The lowest BCUT2D eigenvalue weighted by atomic mass is 10.2. The van der Waals surface area contributed by atoms with Gasteiger partial charge in [-0.3, -0.25) is 9.59 Å². The topological polar surface area (TPSA) is 49.9 Å². The third-order valence-electron chi connectivity index (χ3n) is 4.79. The van der Waals surface area contributed by atoms with Gasteiger partial charge in [-0.15, -0.1) is 0 Å². The number of carbonyl (C=O) groups excluding carboxylic acids is 2. The van der Waals surface area contributed by atoms with E-state index >= 15 is 0 Å². The van der Waals surface area contributed by atoms with E-state index in [0.717, 1.165) is 30.0 Å². The summed E-state index contributed by atoms with van der Waals surface area (Å²) in [5.41, 5.74) is 3.02. The van der Waals surface area contributed by atoms with Crippen LogP contribution in [0.2, 0.25) is 0 Å². The first-order valence-electron chi connectivity index (χ1n) is 9.56. The van der Waals surface area contributed by atoms with Crippen LogP contribution < -0.4 is 9.64 Å². The van der Waals surface area contributed by atoms with E-state index in [1.807, 2.05) is 55.5 Å². The first kappa shape index (κ1) is 19.7. The normalized spacial score (nSPS) is 13.9. The smallest absolute Gasteiger partial charge is 0.246 e. The molecular formula is C23H26N2O3. The Morgan fingerprint density at radius 2 is 1.86 bits per heavy atom. The van der Waals surface area contributed by atoms with E-state index in [4.69, 9.17) is 4.74 Å². The summed E-state index contributed by atoms with van der Waals surface area (Å²) < 4.78 is 5.67. The monoisotopic (exact) mass is 378 g/mol. The van der Waals surface area contributed by atoms with E-state index in [0.29, 0.717) is 19.6 Å². The van der Waals surface area contributed by atoms with Gasteiger partial charge in [-0.25, -0.2) is 0 Å². The average molecular weight is 378 g/mol. The highest BCUT2D eigenvalue weighted by Crippen LogP contribution is 2.22. The lowest BCUT2D eigenvalue weighted by Crippen LogP contribution is -2.29. The van der Waals surface area contributed by atoms with Crippen molar-refractivity contribution < 1.29 is 14.3 Å². The molecule has 5 heteroatoms. The van der Waals surface area contributed by atoms with Crippen molar-refractivity contribution in [2.75, 3.05) is 31.6 Å². The van der Waals surface area contributed by atoms with Crippen molar-refractivity contribution in [1.29, 1.82) is 0 Å². The van der Waals surface area contributed by atoms with Crippen LogP contribution >= 0.6 is 0 Å². The minimum absolute atomic E-state index is 0.0775. The molecule has 2 amide bonds. The zero-order chi connectivity index (χ0) is 19.9. The molecular weight excluding hydrogens is 352 g/mol. The fourth-order valence-electron chi connectivity index (χ4n) is 3.03. The summed E-state index contributed by atoms with van der Waals surface area (Å²) in [4.78, 5) is 27.5. The second-order valence-electron chi connectivity index (χ2n) is 7.00. The van der Waals surface area contributed by atoms with E-state index < -0.39 is 0 Å². The van der Waals surface area contributed by atoms with Crippen molar-refractivity contribution in [3.8, 4) is 5.75 Å². The zero-order valence-corrected chi connectivity index (χ0v) is 16.4. The lowest BCUT2D eigenvalue weighted by molar-refractivity contribution is -0.125. The van der Waals surface area contributed by atoms with E-state index in [-0.39, 0.29) is 11.8 Å². The van der Waals surface area contributed by atoms with Gasteiger partial charge < -0.3 is 14.5 Å². The van der Waals surface area contributed by atoms with Crippen molar-refractivity contribution in [2.45, 2.75) is 19.8 Å². The highest BCUT2D eigenvalue weighted by Gasteiger charge is 2.21. The molecule has 2 aromatic rings. The number of benzene rings is 2. The predicted molar refractivity (Wildman–Crippen MR) is 111 cm³/mol. The van der Waals surface area contributed by atoms with Gasteiger partial charge in [-0.1, -0.05) is 29.8 Å². The van der Waals surface area contributed by atoms with Crippen LogP contribution in [0.3, 0.4) is 0 Å². The number of nitrogens with zero attached hydrogens (tertiary/aromatic N) is 2. The van der Waals surface area contributed by atoms with Crippen molar-refractivity contribution >= 4 is 23.6 Å². The Morgan fingerprint density at radius 3 is 2.50 bits per heavy atom. The summed E-state index contributed by atoms with van der Waals surface area (Å²) in [6.45, 7) is 3.76. The van der Waals surface area contributed by atoms with Crippen LogP contribution in [0.5, 0.6) is 5.75 Å². The molecule has 0 spiro atoms. The van der Waals surface area contributed by atoms with Crippen LogP contribution in [0.4, 0.5) is 5.69 Å². The second-order valence-corrected chi connectivity index (χ2v) is 7.00. The van der Waals surface area contributed by atoms with Crippen LogP contribution in [0.1, 0.15) is 24.0 Å². The molecule has 0 saturated carbocycles. The molecule has 28 heavy (non-hydrogen) atoms. The average Bonchev–Trinajstić information content (AvgIpc) is 3.14. The van der Waals surface area contributed by atoms with Gasteiger partial charge in [0.1, 0.15) is 12.4 Å². The molecule has 1 fully saturated rings. The first-order chi connectivity index (χ1) is 13.5. The van der Waals surface area contributed by atoms with E-state index in [1.165, 1.54) is 5.56 Å². The molecule has 2 aromatic carbocycles. The molecule has 146 valence electrons. The SMILES string of the molecule is Cc1ccc(OCCN(C)C(=O)/C=C/c2ccc(N3CCCC3=O)cc2)cc1. The van der Waals surface area contributed by atoms with Gasteiger partial charge >= 0.3 is 0 Å². The van der Waals surface area contributed by atoms with Crippen molar-refractivity contribution in [1.82, 2.24) is 4.90 Å². The summed E-state index contributed by atoms with van der Waals surface area (Å²) in [6, 6.07) is 15.5. The largest absolute Gasteiger partial charge is 0.492 e. The molecule has 0 unspecified atom stereocenters. The molecule has 0 N–H and O–H groups in total. The zero-order valence-electron chi connectivity index (χ0n) is 16.4. The Bertz CT molecular complexity index is 841.